The molecule has 2 fully saturated rings. The Balaban J connectivity index is 1.46. The number of pyridine rings is 1. The van der Waals surface area contributed by atoms with Gasteiger partial charge < -0.3 is 29.7 Å². The van der Waals surface area contributed by atoms with Crippen LogP contribution in [0.3, 0.4) is 0 Å². The van der Waals surface area contributed by atoms with Crippen LogP contribution in [0.15, 0.2) is 47.3 Å². The average Bonchev–Trinajstić information content (AvgIpc) is 3.43. The van der Waals surface area contributed by atoms with E-state index in [-0.39, 0.29) is 35.2 Å². The van der Waals surface area contributed by atoms with Crippen molar-refractivity contribution in [2.24, 2.45) is 11.3 Å². The van der Waals surface area contributed by atoms with Crippen LogP contribution in [0.5, 0.6) is 11.6 Å². The third-order valence-corrected chi connectivity index (χ3v) is 12.2. The number of nitrogens with zero attached hydrogens (tertiary/aromatic N) is 3. The SMILES string of the molecule is C=C[C@@H]1C[C@]1(NC(=O)[C@@H]1C[C@@H](Oc2nccc3cc(OC)ccc23)CN1C(=O)[C@@H](NC(=O)OC(C)(C)C)C(C)(C)C)C(=O)NS(=O)(=O)c1sc(C)nc1C. The predicted molar refractivity (Wildman–Crippen MR) is 202 cm³/mol. The van der Waals surface area contributed by atoms with E-state index in [0.29, 0.717) is 16.1 Å². The number of methoxy groups -OCH3 is 1. The number of carbonyl (C=O) groups excluding carboxylic acids is 4. The molecule has 0 unspecified atom stereocenters. The molecule has 54 heavy (non-hydrogen) atoms. The molecule has 1 saturated heterocycles. The molecule has 0 radical (unpaired) electrons. The van der Waals surface area contributed by atoms with Crippen LogP contribution >= 0.6 is 11.3 Å². The Bertz CT molecular complexity index is 2090. The van der Waals surface area contributed by atoms with Crippen molar-refractivity contribution in [1.29, 1.82) is 0 Å². The highest BCUT2D eigenvalue weighted by Crippen LogP contribution is 2.45. The van der Waals surface area contributed by atoms with Crippen molar-refractivity contribution in [1.82, 2.24) is 30.2 Å². The van der Waals surface area contributed by atoms with Crippen molar-refractivity contribution in [2.45, 2.75) is 102 Å². The first kappa shape index (κ1) is 40.4. The lowest BCUT2D eigenvalue weighted by atomic mass is 9.85. The Kier molecular flexibility index (Phi) is 11.1. The van der Waals surface area contributed by atoms with Gasteiger partial charge in [-0.15, -0.1) is 17.9 Å². The maximum atomic E-state index is 14.5. The maximum Gasteiger partial charge on any atom is 0.408 e. The molecule has 0 spiro atoms. The monoisotopic (exact) mass is 784 g/mol. The van der Waals surface area contributed by atoms with Crippen molar-refractivity contribution in [3.05, 3.63) is 53.8 Å². The Morgan fingerprint density at radius 3 is 2.39 bits per heavy atom. The van der Waals surface area contributed by atoms with E-state index in [0.717, 1.165) is 16.7 Å². The minimum atomic E-state index is -4.32. The van der Waals surface area contributed by atoms with E-state index in [1.54, 1.807) is 80.0 Å². The second-order valence-electron chi connectivity index (χ2n) is 15.7. The third kappa shape index (κ3) is 8.62. The van der Waals surface area contributed by atoms with Gasteiger partial charge in [0.05, 0.1) is 24.4 Å². The topological polar surface area (TPSA) is 195 Å². The Morgan fingerprint density at radius 2 is 1.81 bits per heavy atom. The number of hydrogen-bond donors (Lipinski definition) is 3. The Morgan fingerprint density at radius 1 is 1.11 bits per heavy atom. The van der Waals surface area contributed by atoms with Gasteiger partial charge in [0.2, 0.25) is 17.7 Å². The summed E-state index contributed by atoms with van der Waals surface area (Å²) in [6.07, 6.45) is 1.56. The number of alkyl carbamates (subject to hydrolysis) is 1. The summed E-state index contributed by atoms with van der Waals surface area (Å²) in [7, 11) is -2.76. The van der Waals surface area contributed by atoms with Crippen LogP contribution < -0.4 is 24.8 Å². The zero-order valence-electron chi connectivity index (χ0n) is 31.9. The predicted octanol–water partition coefficient (Wildman–Crippen LogP) is 4.17. The minimum Gasteiger partial charge on any atom is -0.497 e. The molecule has 3 N–H and O–H groups in total. The van der Waals surface area contributed by atoms with Gasteiger partial charge in [-0.05, 0) is 76.1 Å². The highest BCUT2D eigenvalue weighted by atomic mass is 32.2. The maximum absolute atomic E-state index is 14.5. The van der Waals surface area contributed by atoms with Gasteiger partial charge >= 0.3 is 6.09 Å². The summed E-state index contributed by atoms with van der Waals surface area (Å²) in [5.41, 5.74) is -3.09. The number of sulfonamides is 1. The van der Waals surface area contributed by atoms with Gasteiger partial charge in [-0.2, -0.15) is 0 Å². The van der Waals surface area contributed by atoms with E-state index in [1.807, 2.05) is 6.07 Å². The molecule has 15 nitrogen and oxygen atoms in total. The van der Waals surface area contributed by atoms with Gasteiger partial charge in [-0.3, -0.25) is 14.4 Å². The molecule has 0 bridgehead atoms. The molecule has 3 aromatic rings. The van der Waals surface area contributed by atoms with E-state index in [9.17, 15) is 27.6 Å². The summed E-state index contributed by atoms with van der Waals surface area (Å²) in [6, 6.07) is 4.86. The lowest BCUT2D eigenvalue weighted by molar-refractivity contribution is -0.143. The van der Waals surface area contributed by atoms with Crippen LogP contribution in [-0.4, -0.2) is 90.1 Å². The second kappa shape index (κ2) is 14.8. The van der Waals surface area contributed by atoms with Crippen molar-refractivity contribution in [2.75, 3.05) is 13.7 Å². The number of amides is 4. The fourth-order valence-corrected chi connectivity index (χ4v) is 9.00. The zero-order chi connectivity index (χ0) is 40.0. The average molecular weight is 785 g/mol. The molecule has 1 aliphatic carbocycles. The quantitative estimate of drug-likeness (QED) is 0.236. The summed E-state index contributed by atoms with van der Waals surface area (Å²) in [5.74, 6) is -1.91. The van der Waals surface area contributed by atoms with Crippen LogP contribution in [0.4, 0.5) is 4.79 Å². The highest BCUT2D eigenvalue weighted by Gasteiger charge is 2.61. The number of benzene rings is 1. The molecular weight excluding hydrogens is 737 g/mol. The number of carbonyl (C=O) groups is 4. The number of hydrogen-bond acceptors (Lipinski definition) is 12. The molecule has 17 heteroatoms. The number of aromatic nitrogens is 2. The molecule has 1 aromatic carbocycles. The number of ether oxygens (including phenoxy) is 3. The first-order valence-electron chi connectivity index (χ1n) is 17.4. The van der Waals surface area contributed by atoms with Crippen LogP contribution in [0.25, 0.3) is 10.8 Å². The van der Waals surface area contributed by atoms with Crippen molar-refractivity contribution < 1.29 is 41.8 Å². The lowest BCUT2D eigenvalue weighted by Crippen LogP contribution is -2.60. The van der Waals surface area contributed by atoms with Crippen LogP contribution in [0, 0.1) is 25.2 Å². The molecule has 1 saturated carbocycles. The highest BCUT2D eigenvalue weighted by molar-refractivity contribution is 7.92. The number of fused-ring (bicyclic) bond motifs is 1. The molecule has 2 aromatic heterocycles. The Hall–Kier alpha value is -4.77. The molecular formula is C37H48N6O9S2. The van der Waals surface area contributed by atoms with E-state index in [4.69, 9.17) is 14.2 Å². The fraction of sp³-hybridized carbons (Fsp3) is 0.514. The van der Waals surface area contributed by atoms with Crippen LogP contribution in [-0.2, 0) is 29.1 Å². The summed E-state index contributed by atoms with van der Waals surface area (Å²) < 4.78 is 45.8. The smallest absolute Gasteiger partial charge is 0.408 e. The number of thiazole rings is 1. The minimum absolute atomic E-state index is 0.0107. The molecule has 5 atom stereocenters. The fourth-order valence-electron chi connectivity index (χ4n) is 6.48. The van der Waals surface area contributed by atoms with Crippen LogP contribution in [0.1, 0.15) is 65.1 Å². The molecule has 4 amide bonds. The van der Waals surface area contributed by atoms with Gasteiger partial charge in [-0.25, -0.2) is 27.9 Å². The van der Waals surface area contributed by atoms with Crippen molar-refractivity contribution in [3.63, 3.8) is 0 Å². The lowest BCUT2D eigenvalue weighted by Gasteiger charge is -2.36. The third-order valence-electron chi connectivity index (χ3n) is 9.22. The number of rotatable bonds is 11. The first-order valence-corrected chi connectivity index (χ1v) is 19.7. The normalized spacial score (nSPS) is 21.9. The standard InChI is InChI=1S/C37H48N6O9S2/c1-11-23-18-37(23,33(46)42-54(48,49)32-20(2)39-21(3)53-32)41-29(44)27-17-25(51-30-26-13-12-24(50-10)16-22(26)14-15-38-30)19-43(27)31(45)28(35(4,5)6)40-34(47)52-36(7,8)9/h11-16,23,25,27-28H,1,17-19H2,2-10H3,(H,40,47)(H,41,44)(H,42,46)/t23-,25-,27+,28-,37-/m1/s1. The van der Waals surface area contributed by atoms with Crippen molar-refractivity contribution in [3.8, 4) is 11.6 Å². The Labute approximate surface area is 319 Å². The summed E-state index contributed by atoms with van der Waals surface area (Å²) in [6.45, 7) is 17.3. The van der Waals surface area contributed by atoms with Crippen LogP contribution in [0.2, 0.25) is 0 Å². The molecule has 2 aliphatic rings. The van der Waals surface area contributed by atoms with Crippen molar-refractivity contribution >= 4 is 55.9 Å². The molecule has 3 heterocycles. The molecule has 292 valence electrons. The number of aryl methyl sites for hydroxylation is 2. The van der Waals surface area contributed by atoms with Gasteiger partial charge in [0, 0.05) is 23.9 Å². The number of likely N-dealkylation sites (tertiary alicyclic amines) is 1. The van der Waals surface area contributed by atoms with Gasteiger partial charge in [0.25, 0.3) is 15.9 Å². The summed E-state index contributed by atoms with van der Waals surface area (Å²) in [4.78, 5) is 65.5. The van der Waals surface area contributed by atoms with E-state index in [1.165, 1.54) is 17.9 Å². The second-order valence-corrected chi connectivity index (χ2v) is 18.8. The zero-order valence-corrected chi connectivity index (χ0v) is 33.6. The molecule has 1 aliphatic heterocycles. The van der Waals surface area contributed by atoms with Gasteiger partial charge in [0.15, 0.2) is 4.21 Å². The first-order chi connectivity index (χ1) is 25.1. The largest absolute Gasteiger partial charge is 0.497 e. The summed E-state index contributed by atoms with van der Waals surface area (Å²) in [5, 5.41) is 7.45. The van der Waals surface area contributed by atoms with E-state index < -0.39 is 74.5 Å². The van der Waals surface area contributed by atoms with Gasteiger partial charge in [0.1, 0.15) is 35.1 Å². The number of nitrogens with one attached hydrogen (secondary N) is 3. The van der Waals surface area contributed by atoms with E-state index in [2.05, 4.69) is 31.9 Å². The van der Waals surface area contributed by atoms with E-state index >= 15 is 0 Å². The summed E-state index contributed by atoms with van der Waals surface area (Å²) >= 11 is 0.924. The molecule has 5 rings (SSSR count). The van der Waals surface area contributed by atoms with Gasteiger partial charge in [-0.1, -0.05) is 26.8 Å².